The molecule has 0 fully saturated rings. The molecule has 0 spiro atoms. The molecule has 2 nitrogen and oxygen atoms in total. The monoisotopic (exact) mass is 259 g/mol. The van der Waals surface area contributed by atoms with Crippen molar-refractivity contribution in [1.29, 1.82) is 0 Å². The van der Waals surface area contributed by atoms with E-state index >= 15 is 0 Å². The number of nitrogens with zero attached hydrogens (tertiary/aromatic N) is 1. The number of para-hydroxylation sites is 1. The second-order valence-electron chi connectivity index (χ2n) is 3.48. The van der Waals surface area contributed by atoms with Crippen molar-refractivity contribution in [2.24, 2.45) is 0 Å². The summed E-state index contributed by atoms with van der Waals surface area (Å²) in [6.07, 6.45) is -4.48. The molecule has 0 unspecified atom stereocenters. The average Bonchev–Trinajstić information content (AvgIpc) is 2.57. The molecule has 0 aliphatic heterocycles. The molecule has 1 aromatic heterocycles. The van der Waals surface area contributed by atoms with Crippen LogP contribution in [0.5, 0.6) is 0 Å². The van der Waals surface area contributed by atoms with E-state index in [4.69, 9.17) is 0 Å². The maximum absolute atomic E-state index is 12.6. The number of halogens is 3. The van der Waals surface area contributed by atoms with Crippen LogP contribution in [-0.4, -0.2) is 3.96 Å². The predicted octanol–water partition coefficient (Wildman–Crippen LogP) is 3.23. The molecule has 1 heterocycles. The first-order valence-electron chi connectivity index (χ1n) is 4.77. The minimum Gasteiger partial charge on any atom is -0.268 e. The first-order valence-corrected chi connectivity index (χ1v) is 5.54. The van der Waals surface area contributed by atoms with Crippen molar-refractivity contribution in [3.8, 4) is 5.69 Å². The number of benzene rings is 1. The third kappa shape index (κ3) is 2.12. The van der Waals surface area contributed by atoms with Crippen LogP contribution in [-0.2, 0) is 6.18 Å². The molecule has 90 valence electrons. The third-order valence-electron chi connectivity index (χ3n) is 2.28. The number of aromatic nitrogens is 1. The van der Waals surface area contributed by atoms with Crippen LogP contribution in [0.3, 0.4) is 0 Å². The van der Waals surface area contributed by atoms with Gasteiger partial charge in [-0.1, -0.05) is 18.2 Å². The van der Waals surface area contributed by atoms with Crippen LogP contribution in [0, 0.1) is 6.92 Å². The summed E-state index contributed by atoms with van der Waals surface area (Å²) in [5.41, 5.74) is -0.430. The molecule has 1 aromatic carbocycles. The summed E-state index contributed by atoms with van der Waals surface area (Å²) in [5, 5.41) is 0. The molecular formula is C11H8F3NOS. The highest BCUT2D eigenvalue weighted by Crippen LogP contribution is 2.34. The standard InChI is InChI=1S/C11H8F3NOS/c1-7-9(11(12,13)14)17-15(10(7)16)8-5-3-2-4-6-8/h2-6H,1H3. The van der Waals surface area contributed by atoms with Crippen LogP contribution in [0.25, 0.3) is 5.69 Å². The molecule has 0 bridgehead atoms. The zero-order valence-electron chi connectivity index (χ0n) is 8.78. The summed E-state index contributed by atoms with van der Waals surface area (Å²) < 4.78 is 38.9. The van der Waals surface area contributed by atoms with Crippen molar-refractivity contribution in [2.75, 3.05) is 0 Å². The van der Waals surface area contributed by atoms with E-state index in [2.05, 4.69) is 0 Å². The number of rotatable bonds is 1. The van der Waals surface area contributed by atoms with E-state index in [0.29, 0.717) is 17.2 Å². The summed E-state index contributed by atoms with van der Waals surface area (Å²) in [7, 11) is 0. The van der Waals surface area contributed by atoms with Crippen LogP contribution in [0.4, 0.5) is 13.2 Å². The van der Waals surface area contributed by atoms with E-state index in [1.807, 2.05) is 0 Å². The van der Waals surface area contributed by atoms with Gasteiger partial charge >= 0.3 is 6.18 Å². The fourth-order valence-electron chi connectivity index (χ4n) is 1.45. The maximum Gasteiger partial charge on any atom is 0.427 e. The third-order valence-corrected chi connectivity index (χ3v) is 3.56. The molecule has 0 saturated carbocycles. The molecule has 0 amide bonds. The van der Waals surface area contributed by atoms with Crippen molar-refractivity contribution in [3.63, 3.8) is 0 Å². The summed E-state index contributed by atoms with van der Waals surface area (Å²) in [4.78, 5) is 10.9. The minimum absolute atomic E-state index is 0.258. The highest BCUT2D eigenvalue weighted by molar-refractivity contribution is 7.07. The SMILES string of the molecule is Cc1c(C(F)(F)F)sn(-c2ccccc2)c1=O. The van der Waals surface area contributed by atoms with Gasteiger partial charge in [-0.05, 0) is 30.6 Å². The lowest BCUT2D eigenvalue weighted by Crippen LogP contribution is -2.14. The maximum atomic E-state index is 12.6. The van der Waals surface area contributed by atoms with Gasteiger partial charge in [0.05, 0.1) is 5.69 Å². The zero-order chi connectivity index (χ0) is 12.6. The van der Waals surface area contributed by atoms with Crippen molar-refractivity contribution >= 4 is 11.5 Å². The zero-order valence-corrected chi connectivity index (χ0v) is 9.60. The van der Waals surface area contributed by atoms with E-state index in [1.54, 1.807) is 30.3 Å². The highest BCUT2D eigenvalue weighted by atomic mass is 32.1. The molecule has 0 radical (unpaired) electrons. The minimum atomic E-state index is -4.48. The van der Waals surface area contributed by atoms with Crippen molar-refractivity contribution < 1.29 is 13.2 Å². The fraction of sp³-hybridized carbons (Fsp3) is 0.182. The smallest absolute Gasteiger partial charge is 0.268 e. The van der Waals surface area contributed by atoms with E-state index in [9.17, 15) is 18.0 Å². The summed E-state index contributed by atoms with van der Waals surface area (Å²) in [6, 6.07) is 8.27. The van der Waals surface area contributed by atoms with Gasteiger partial charge in [0.1, 0.15) is 4.88 Å². The molecule has 0 aliphatic rings. The van der Waals surface area contributed by atoms with Gasteiger partial charge in [-0.15, -0.1) is 0 Å². The summed E-state index contributed by atoms with van der Waals surface area (Å²) in [6.45, 7) is 1.20. The Bertz CT molecular complexity index is 583. The Balaban J connectivity index is 2.63. The normalized spacial score (nSPS) is 11.8. The van der Waals surface area contributed by atoms with E-state index < -0.39 is 16.6 Å². The van der Waals surface area contributed by atoms with E-state index in [0.717, 1.165) is 3.96 Å². The Morgan fingerprint density at radius 1 is 1.18 bits per heavy atom. The average molecular weight is 259 g/mol. The molecule has 0 atom stereocenters. The molecule has 0 N–H and O–H groups in total. The number of hydrogen-bond donors (Lipinski definition) is 0. The Morgan fingerprint density at radius 3 is 2.24 bits per heavy atom. The van der Waals surface area contributed by atoms with Gasteiger partial charge in [-0.25, -0.2) is 3.96 Å². The van der Waals surface area contributed by atoms with Crippen LogP contribution in [0.1, 0.15) is 10.4 Å². The topological polar surface area (TPSA) is 22.0 Å². The molecule has 0 saturated heterocycles. The second-order valence-corrected chi connectivity index (χ2v) is 4.43. The van der Waals surface area contributed by atoms with Gasteiger partial charge in [0.15, 0.2) is 0 Å². The van der Waals surface area contributed by atoms with Crippen LogP contribution in [0.15, 0.2) is 35.1 Å². The first-order chi connectivity index (χ1) is 7.91. The summed E-state index contributed by atoms with van der Waals surface area (Å²) >= 11 is 0.425. The molecule has 2 rings (SSSR count). The van der Waals surface area contributed by atoms with Crippen molar-refractivity contribution in [3.05, 3.63) is 51.1 Å². The van der Waals surface area contributed by atoms with Crippen molar-refractivity contribution in [1.82, 2.24) is 3.96 Å². The van der Waals surface area contributed by atoms with Gasteiger partial charge in [-0.2, -0.15) is 13.2 Å². The van der Waals surface area contributed by atoms with E-state index in [1.165, 1.54) is 6.92 Å². The number of alkyl halides is 3. The fourth-order valence-corrected chi connectivity index (χ4v) is 2.41. The first kappa shape index (κ1) is 11.9. The lowest BCUT2D eigenvalue weighted by atomic mass is 10.3. The van der Waals surface area contributed by atoms with Crippen molar-refractivity contribution in [2.45, 2.75) is 13.1 Å². The largest absolute Gasteiger partial charge is 0.427 e. The quantitative estimate of drug-likeness (QED) is 0.770. The van der Waals surface area contributed by atoms with Gasteiger partial charge < -0.3 is 0 Å². The van der Waals surface area contributed by atoms with Gasteiger partial charge in [0, 0.05) is 5.56 Å². The van der Waals surface area contributed by atoms with Crippen LogP contribution < -0.4 is 5.56 Å². The molecule has 2 aromatic rings. The highest BCUT2D eigenvalue weighted by Gasteiger charge is 2.36. The van der Waals surface area contributed by atoms with Gasteiger partial charge in [0.25, 0.3) is 5.56 Å². The van der Waals surface area contributed by atoms with E-state index in [-0.39, 0.29) is 5.56 Å². The summed E-state index contributed by atoms with van der Waals surface area (Å²) in [5.74, 6) is 0. The molecular weight excluding hydrogens is 251 g/mol. The Kier molecular flexibility index (Phi) is 2.82. The lowest BCUT2D eigenvalue weighted by molar-refractivity contribution is -0.134. The van der Waals surface area contributed by atoms with Crippen LogP contribution >= 0.6 is 11.5 Å². The van der Waals surface area contributed by atoms with Gasteiger partial charge in [0.2, 0.25) is 0 Å². The van der Waals surface area contributed by atoms with Gasteiger partial charge in [-0.3, -0.25) is 4.79 Å². The molecule has 6 heteroatoms. The predicted molar refractivity (Wildman–Crippen MR) is 59.7 cm³/mol. The number of hydrogen-bond acceptors (Lipinski definition) is 2. The Morgan fingerprint density at radius 2 is 1.76 bits per heavy atom. The Labute approximate surface area is 99.1 Å². The second kappa shape index (κ2) is 4.03. The lowest BCUT2D eigenvalue weighted by Gasteiger charge is -2.02. The Hall–Kier alpha value is -1.56. The molecule has 17 heavy (non-hydrogen) atoms. The molecule has 0 aliphatic carbocycles. The van der Waals surface area contributed by atoms with Crippen LogP contribution in [0.2, 0.25) is 0 Å².